The van der Waals surface area contributed by atoms with E-state index in [4.69, 9.17) is 15.2 Å². The standard InChI is InChI=1S/C27H31F2N7O4/c1-3-35(6-7-37)5-4-8-40-24-15-22-21(14-23(24)39-2)27(32-16-31-22)36(20-10-17(28)9-18(29)11-20)26-13-19(33-34-26)12-25(30)38/h9-11,13-16,37H,3-8,12H2,1-2H3,(H2,30,38)(H,33,34). The van der Waals surface area contributed by atoms with Gasteiger partial charge in [-0.1, -0.05) is 6.92 Å². The first-order chi connectivity index (χ1) is 19.3. The summed E-state index contributed by atoms with van der Waals surface area (Å²) in [5.41, 5.74) is 6.33. The van der Waals surface area contributed by atoms with Gasteiger partial charge in [0.1, 0.15) is 23.8 Å². The van der Waals surface area contributed by atoms with E-state index < -0.39 is 17.5 Å². The Balaban J connectivity index is 1.73. The van der Waals surface area contributed by atoms with Crippen molar-refractivity contribution in [1.29, 1.82) is 0 Å². The number of likely N-dealkylation sites (N-methyl/N-ethyl adjacent to an activating group) is 1. The third-order valence-corrected chi connectivity index (χ3v) is 6.17. The number of hydrogen-bond donors (Lipinski definition) is 3. The van der Waals surface area contributed by atoms with Crippen LogP contribution in [0.25, 0.3) is 10.9 Å². The smallest absolute Gasteiger partial charge is 0.223 e. The van der Waals surface area contributed by atoms with Crippen LogP contribution in [0.15, 0.2) is 42.7 Å². The van der Waals surface area contributed by atoms with Gasteiger partial charge in [0.15, 0.2) is 17.3 Å². The summed E-state index contributed by atoms with van der Waals surface area (Å²) in [4.78, 5) is 23.8. The lowest BCUT2D eigenvalue weighted by molar-refractivity contribution is -0.117. The molecule has 0 atom stereocenters. The molecule has 0 aliphatic heterocycles. The number of nitrogens with one attached hydrogen (secondary N) is 1. The highest BCUT2D eigenvalue weighted by molar-refractivity contribution is 5.96. The fourth-order valence-electron chi connectivity index (χ4n) is 4.31. The molecule has 0 aliphatic carbocycles. The molecule has 0 radical (unpaired) electrons. The molecule has 2 aromatic carbocycles. The van der Waals surface area contributed by atoms with Crippen LogP contribution in [0.5, 0.6) is 11.5 Å². The first kappa shape index (κ1) is 28.6. The number of methoxy groups -OCH3 is 1. The van der Waals surface area contributed by atoms with E-state index in [1.807, 2.05) is 6.92 Å². The molecular weight excluding hydrogens is 524 g/mol. The van der Waals surface area contributed by atoms with E-state index >= 15 is 0 Å². The maximum Gasteiger partial charge on any atom is 0.223 e. The van der Waals surface area contributed by atoms with Crippen molar-refractivity contribution in [3.05, 3.63) is 60.1 Å². The Kier molecular flexibility index (Phi) is 9.40. The number of rotatable bonds is 14. The SMILES string of the molecule is CCN(CCO)CCCOc1cc2ncnc(N(c3cc(F)cc(F)c3)c3cc(CC(N)=O)[nH]n3)c2cc1OC. The van der Waals surface area contributed by atoms with Crippen LogP contribution in [0.4, 0.5) is 26.1 Å². The normalized spacial score (nSPS) is 11.2. The van der Waals surface area contributed by atoms with Gasteiger partial charge in [-0.05, 0) is 31.2 Å². The Hall–Kier alpha value is -4.36. The molecular formula is C27H31F2N7O4. The molecule has 11 nitrogen and oxygen atoms in total. The third-order valence-electron chi connectivity index (χ3n) is 6.17. The van der Waals surface area contributed by atoms with Crippen molar-refractivity contribution < 1.29 is 28.2 Å². The van der Waals surface area contributed by atoms with Crippen LogP contribution in [-0.2, 0) is 11.2 Å². The number of amides is 1. The molecule has 2 aromatic heterocycles. The third kappa shape index (κ3) is 6.79. The quantitative estimate of drug-likeness (QED) is 0.200. The summed E-state index contributed by atoms with van der Waals surface area (Å²) < 4.78 is 40.2. The van der Waals surface area contributed by atoms with Gasteiger partial charge in [-0.15, -0.1) is 0 Å². The summed E-state index contributed by atoms with van der Waals surface area (Å²) in [6.07, 6.45) is 1.95. The van der Waals surface area contributed by atoms with Crippen molar-refractivity contribution in [2.45, 2.75) is 19.8 Å². The van der Waals surface area contributed by atoms with Crippen LogP contribution in [0.1, 0.15) is 19.0 Å². The second kappa shape index (κ2) is 13.1. The predicted molar refractivity (Wildman–Crippen MR) is 145 cm³/mol. The molecule has 4 aromatic rings. The highest BCUT2D eigenvalue weighted by Gasteiger charge is 2.23. The summed E-state index contributed by atoms with van der Waals surface area (Å²) in [6.45, 7) is 4.72. The number of fused-ring (bicyclic) bond motifs is 1. The van der Waals surface area contributed by atoms with Gasteiger partial charge < -0.3 is 25.2 Å². The number of primary amides is 1. The largest absolute Gasteiger partial charge is 0.493 e. The highest BCUT2D eigenvalue weighted by Crippen LogP contribution is 2.40. The second-order valence-corrected chi connectivity index (χ2v) is 8.93. The van der Waals surface area contributed by atoms with E-state index in [1.54, 1.807) is 18.2 Å². The van der Waals surface area contributed by atoms with E-state index in [0.29, 0.717) is 41.2 Å². The van der Waals surface area contributed by atoms with Crippen LogP contribution in [-0.4, -0.2) is 76.0 Å². The van der Waals surface area contributed by atoms with Crippen molar-refractivity contribution >= 4 is 34.1 Å². The molecule has 0 saturated carbocycles. The van der Waals surface area contributed by atoms with Crippen LogP contribution in [0, 0.1) is 11.6 Å². The number of nitrogens with zero attached hydrogens (tertiary/aromatic N) is 5. The molecule has 40 heavy (non-hydrogen) atoms. The molecule has 0 aliphatic rings. The molecule has 0 saturated heterocycles. The number of benzene rings is 2. The minimum Gasteiger partial charge on any atom is -0.493 e. The fraction of sp³-hybridized carbons (Fsp3) is 0.333. The minimum absolute atomic E-state index is 0.0965. The molecule has 0 spiro atoms. The van der Waals surface area contributed by atoms with Gasteiger partial charge in [0, 0.05) is 42.4 Å². The Bertz CT molecular complexity index is 1450. The van der Waals surface area contributed by atoms with E-state index in [9.17, 15) is 18.7 Å². The number of carbonyl (C=O) groups is 1. The van der Waals surface area contributed by atoms with Crippen molar-refractivity contribution in [2.24, 2.45) is 5.73 Å². The molecule has 13 heteroatoms. The number of aromatic amines is 1. The first-order valence-corrected chi connectivity index (χ1v) is 12.7. The van der Waals surface area contributed by atoms with Gasteiger partial charge in [-0.2, -0.15) is 5.10 Å². The summed E-state index contributed by atoms with van der Waals surface area (Å²) in [7, 11) is 1.50. The Labute approximate surface area is 229 Å². The topological polar surface area (TPSA) is 143 Å². The zero-order valence-electron chi connectivity index (χ0n) is 22.2. The van der Waals surface area contributed by atoms with Crippen LogP contribution >= 0.6 is 0 Å². The van der Waals surface area contributed by atoms with Crippen molar-refractivity contribution in [3.8, 4) is 11.5 Å². The number of carbonyl (C=O) groups excluding carboxylic acids is 1. The van der Waals surface area contributed by atoms with Crippen LogP contribution < -0.4 is 20.1 Å². The van der Waals surface area contributed by atoms with Gasteiger partial charge in [0.2, 0.25) is 5.91 Å². The number of aliphatic hydroxyl groups excluding tert-OH is 1. The molecule has 1 amide bonds. The summed E-state index contributed by atoms with van der Waals surface area (Å²) in [5, 5.41) is 16.6. The fourth-order valence-corrected chi connectivity index (χ4v) is 4.31. The molecule has 0 unspecified atom stereocenters. The zero-order valence-corrected chi connectivity index (χ0v) is 22.2. The number of aliphatic hydroxyl groups is 1. The molecule has 2 heterocycles. The predicted octanol–water partition coefficient (Wildman–Crippen LogP) is 3.22. The van der Waals surface area contributed by atoms with E-state index in [-0.39, 0.29) is 30.4 Å². The summed E-state index contributed by atoms with van der Waals surface area (Å²) in [6, 6.07) is 7.99. The highest BCUT2D eigenvalue weighted by atomic mass is 19.1. The lowest BCUT2D eigenvalue weighted by Crippen LogP contribution is -2.28. The van der Waals surface area contributed by atoms with Crippen LogP contribution in [0.2, 0.25) is 0 Å². The number of hydrogen-bond acceptors (Lipinski definition) is 9. The second-order valence-electron chi connectivity index (χ2n) is 8.93. The average Bonchev–Trinajstić information content (AvgIpc) is 3.36. The lowest BCUT2D eigenvalue weighted by Gasteiger charge is -2.23. The maximum absolute atomic E-state index is 14.3. The molecule has 212 valence electrons. The Morgan fingerprint density at radius 2 is 1.85 bits per heavy atom. The average molecular weight is 556 g/mol. The van der Waals surface area contributed by atoms with Crippen molar-refractivity contribution in [3.63, 3.8) is 0 Å². The lowest BCUT2D eigenvalue weighted by atomic mass is 10.1. The Morgan fingerprint density at radius 1 is 1.07 bits per heavy atom. The number of halogens is 2. The first-order valence-electron chi connectivity index (χ1n) is 12.7. The van der Waals surface area contributed by atoms with Gasteiger partial charge in [0.25, 0.3) is 0 Å². The van der Waals surface area contributed by atoms with Gasteiger partial charge in [0.05, 0.1) is 37.9 Å². The molecule has 4 N–H and O–H groups in total. The van der Waals surface area contributed by atoms with E-state index in [0.717, 1.165) is 37.7 Å². The Morgan fingerprint density at radius 3 is 2.52 bits per heavy atom. The van der Waals surface area contributed by atoms with Gasteiger partial charge in [-0.3, -0.25) is 14.8 Å². The summed E-state index contributed by atoms with van der Waals surface area (Å²) >= 11 is 0. The maximum atomic E-state index is 14.3. The number of ether oxygens (including phenoxy) is 2. The van der Waals surface area contributed by atoms with Crippen molar-refractivity contribution in [1.82, 2.24) is 25.1 Å². The van der Waals surface area contributed by atoms with Crippen molar-refractivity contribution in [2.75, 3.05) is 44.9 Å². The molecule has 0 bridgehead atoms. The monoisotopic (exact) mass is 555 g/mol. The van der Waals surface area contributed by atoms with Crippen LogP contribution in [0.3, 0.4) is 0 Å². The number of H-pyrrole nitrogens is 1. The van der Waals surface area contributed by atoms with E-state index in [1.165, 1.54) is 18.3 Å². The molecule has 0 fully saturated rings. The van der Waals surface area contributed by atoms with E-state index in [2.05, 4.69) is 25.1 Å². The van der Waals surface area contributed by atoms with Gasteiger partial charge >= 0.3 is 0 Å². The molecule has 4 rings (SSSR count). The number of nitrogens with two attached hydrogens (primary N) is 1. The zero-order chi connectivity index (χ0) is 28.6. The summed E-state index contributed by atoms with van der Waals surface area (Å²) in [5.74, 6) is -0.785. The number of aromatic nitrogens is 4. The minimum atomic E-state index is -0.792. The van der Waals surface area contributed by atoms with Gasteiger partial charge in [-0.25, -0.2) is 18.7 Å². The number of anilines is 3.